The molecule has 1 aromatic heterocycles. The molecule has 0 bridgehead atoms. The van der Waals surface area contributed by atoms with Crippen molar-refractivity contribution in [2.75, 3.05) is 5.32 Å². The maximum absolute atomic E-state index is 11.7. The average Bonchev–Trinajstić information content (AvgIpc) is 2.76. The molecule has 0 unspecified atom stereocenters. The largest absolute Gasteiger partial charge is 0.480 e. The van der Waals surface area contributed by atoms with Crippen molar-refractivity contribution in [3.8, 4) is 0 Å². The van der Waals surface area contributed by atoms with Gasteiger partial charge >= 0.3 is 12.0 Å². The summed E-state index contributed by atoms with van der Waals surface area (Å²) in [5, 5.41) is 16.3. The lowest BCUT2D eigenvalue weighted by molar-refractivity contribution is -0.139. The highest BCUT2D eigenvalue weighted by Crippen LogP contribution is 2.26. The highest BCUT2D eigenvalue weighted by molar-refractivity contribution is 7.13. The Hall–Kier alpha value is -1.63. The van der Waals surface area contributed by atoms with Crippen molar-refractivity contribution in [3.63, 3.8) is 0 Å². The Morgan fingerprint density at radius 1 is 1.45 bits per heavy atom. The lowest BCUT2D eigenvalue weighted by Gasteiger charge is -2.15. The molecule has 112 valence electrons. The quantitative estimate of drug-likeness (QED) is 0.779. The lowest BCUT2D eigenvalue weighted by atomic mass is 9.93. The zero-order chi connectivity index (χ0) is 15.3. The first-order valence-electron chi connectivity index (χ1n) is 6.50. The number of carbonyl (C=O) groups is 2. The van der Waals surface area contributed by atoms with E-state index in [0.717, 1.165) is 5.69 Å². The van der Waals surface area contributed by atoms with E-state index in [0.29, 0.717) is 18.0 Å². The maximum atomic E-state index is 11.7. The Morgan fingerprint density at radius 2 is 2.10 bits per heavy atom. The fourth-order valence-electron chi connectivity index (χ4n) is 1.51. The third-order valence-corrected chi connectivity index (χ3v) is 3.43. The highest BCUT2D eigenvalue weighted by Gasteiger charge is 2.21. The molecule has 6 nitrogen and oxygen atoms in total. The third kappa shape index (κ3) is 4.80. The second-order valence-corrected chi connectivity index (χ2v) is 6.42. The molecule has 2 amide bonds. The van der Waals surface area contributed by atoms with Crippen molar-refractivity contribution in [2.45, 2.75) is 52.0 Å². The Labute approximate surface area is 122 Å². The van der Waals surface area contributed by atoms with Gasteiger partial charge in [-0.25, -0.2) is 14.6 Å². The zero-order valence-electron chi connectivity index (χ0n) is 12.2. The van der Waals surface area contributed by atoms with Crippen LogP contribution in [-0.4, -0.2) is 28.1 Å². The first-order valence-corrected chi connectivity index (χ1v) is 7.38. The van der Waals surface area contributed by atoms with E-state index in [4.69, 9.17) is 5.11 Å². The molecule has 0 saturated carbocycles. The second-order valence-electron chi connectivity index (χ2n) is 5.57. The molecule has 0 radical (unpaired) electrons. The molecule has 3 N–H and O–H groups in total. The summed E-state index contributed by atoms with van der Waals surface area (Å²) < 4.78 is 0. The average molecular weight is 299 g/mol. The number of carboxylic acids is 1. The number of aliphatic carboxylic acids is 1. The molecule has 7 heteroatoms. The van der Waals surface area contributed by atoms with E-state index >= 15 is 0 Å². The van der Waals surface area contributed by atoms with Crippen LogP contribution in [0.1, 0.15) is 46.2 Å². The van der Waals surface area contributed by atoms with E-state index in [1.54, 1.807) is 0 Å². The standard InChI is InChI=1S/C13H21N3O3S/c1-5-6-8(10(17)18)14-11(19)16-12-15-9(7-20-12)13(2,3)4/h7-8H,5-6H2,1-4H3,(H,17,18)(H2,14,15,16,19)/t8-/m0/s1. The first kappa shape index (κ1) is 16.4. The molecule has 0 aromatic carbocycles. The summed E-state index contributed by atoms with van der Waals surface area (Å²) in [5.74, 6) is -1.03. The van der Waals surface area contributed by atoms with Crippen LogP contribution in [0.4, 0.5) is 9.93 Å². The summed E-state index contributed by atoms with van der Waals surface area (Å²) in [4.78, 5) is 27.0. The van der Waals surface area contributed by atoms with Gasteiger partial charge in [0, 0.05) is 10.8 Å². The van der Waals surface area contributed by atoms with E-state index < -0.39 is 18.0 Å². The van der Waals surface area contributed by atoms with E-state index in [1.165, 1.54) is 11.3 Å². The summed E-state index contributed by atoms with van der Waals surface area (Å²) in [6, 6.07) is -1.41. The molecule has 1 atom stereocenters. The van der Waals surface area contributed by atoms with Gasteiger partial charge in [0.1, 0.15) is 6.04 Å². The van der Waals surface area contributed by atoms with E-state index in [9.17, 15) is 9.59 Å². The van der Waals surface area contributed by atoms with Crippen molar-refractivity contribution >= 4 is 28.5 Å². The van der Waals surface area contributed by atoms with Gasteiger partial charge in [0.25, 0.3) is 0 Å². The van der Waals surface area contributed by atoms with Crippen LogP contribution in [0.5, 0.6) is 0 Å². The molecule has 0 aliphatic rings. The minimum absolute atomic E-state index is 0.0846. The number of rotatable bonds is 5. The number of urea groups is 1. The fourth-order valence-corrected chi connectivity index (χ4v) is 2.45. The van der Waals surface area contributed by atoms with E-state index in [-0.39, 0.29) is 5.41 Å². The molecule has 0 spiro atoms. The highest BCUT2D eigenvalue weighted by atomic mass is 32.1. The predicted octanol–water partition coefficient (Wildman–Crippen LogP) is 2.82. The topological polar surface area (TPSA) is 91.3 Å². The van der Waals surface area contributed by atoms with E-state index in [2.05, 4.69) is 15.6 Å². The minimum atomic E-state index is -1.03. The van der Waals surface area contributed by atoms with Crippen molar-refractivity contribution in [1.29, 1.82) is 0 Å². The van der Waals surface area contributed by atoms with Crippen LogP contribution in [0.3, 0.4) is 0 Å². The van der Waals surface area contributed by atoms with Crippen molar-refractivity contribution < 1.29 is 14.7 Å². The number of hydrogen-bond donors (Lipinski definition) is 3. The van der Waals surface area contributed by atoms with Crippen LogP contribution < -0.4 is 10.6 Å². The normalized spacial score (nSPS) is 12.8. The molecule has 0 saturated heterocycles. The van der Waals surface area contributed by atoms with Crippen LogP contribution in [-0.2, 0) is 10.2 Å². The number of amides is 2. The molecular formula is C13H21N3O3S. The van der Waals surface area contributed by atoms with Gasteiger partial charge in [-0.2, -0.15) is 0 Å². The van der Waals surface area contributed by atoms with Crippen molar-refractivity contribution in [1.82, 2.24) is 10.3 Å². The maximum Gasteiger partial charge on any atom is 0.326 e. The molecule has 1 heterocycles. The van der Waals surface area contributed by atoms with Gasteiger partial charge in [0.2, 0.25) is 0 Å². The summed E-state index contributed by atoms with van der Waals surface area (Å²) in [7, 11) is 0. The Morgan fingerprint density at radius 3 is 2.55 bits per heavy atom. The van der Waals surface area contributed by atoms with Gasteiger partial charge in [-0.15, -0.1) is 11.3 Å². The number of carbonyl (C=O) groups excluding carboxylic acids is 1. The minimum Gasteiger partial charge on any atom is -0.480 e. The van der Waals surface area contributed by atoms with Gasteiger partial charge < -0.3 is 10.4 Å². The molecule has 0 aliphatic carbocycles. The van der Waals surface area contributed by atoms with Gasteiger partial charge in [-0.3, -0.25) is 5.32 Å². The van der Waals surface area contributed by atoms with Crippen molar-refractivity contribution in [2.24, 2.45) is 0 Å². The van der Waals surface area contributed by atoms with Crippen LogP contribution in [0.25, 0.3) is 0 Å². The van der Waals surface area contributed by atoms with Gasteiger partial charge in [0.15, 0.2) is 5.13 Å². The Kier molecular flexibility index (Phi) is 5.50. The van der Waals surface area contributed by atoms with Crippen molar-refractivity contribution in [3.05, 3.63) is 11.1 Å². The SMILES string of the molecule is CCC[C@H](NC(=O)Nc1nc(C(C)(C)C)cs1)C(=O)O. The van der Waals surface area contributed by atoms with E-state index in [1.807, 2.05) is 33.1 Å². The monoisotopic (exact) mass is 299 g/mol. The Bertz CT molecular complexity index is 479. The number of anilines is 1. The zero-order valence-corrected chi connectivity index (χ0v) is 13.0. The predicted molar refractivity (Wildman–Crippen MR) is 79.3 cm³/mol. The summed E-state index contributed by atoms with van der Waals surface area (Å²) in [6.07, 6.45) is 1.08. The summed E-state index contributed by atoms with van der Waals surface area (Å²) in [5.41, 5.74) is 0.805. The summed E-state index contributed by atoms with van der Waals surface area (Å²) >= 11 is 1.32. The number of nitrogens with zero attached hydrogens (tertiary/aromatic N) is 1. The van der Waals surface area contributed by atoms with Crippen LogP contribution in [0.15, 0.2) is 5.38 Å². The Balaban J connectivity index is 2.62. The van der Waals surface area contributed by atoms with Crippen LogP contribution >= 0.6 is 11.3 Å². The molecule has 0 fully saturated rings. The van der Waals surface area contributed by atoms with Crippen LogP contribution in [0, 0.1) is 0 Å². The second kappa shape index (κ2) is 6.69. The van der Waals surface area contributed by atoms with Gasteiger partial charge in [-0.05, 0) is 6.42 Å². The number of carboxylic acid groups (broad SMARTS) is 1. The molecule has 20 heavy (non-hydrogen) atoms. The number of nitrogens with one attached hydrogen (secondary N) is 2. The fraction of sp³-hybridized carbons (Fsp3) is 0.615. The number of hydrogen-bond acceptors (Lipinski definition) is 4. The molecular weight excluding hydrogens is 278 g/mol. The first-order chi connectivity index (χ1) is 9.24. The van der Waals surface area contributed by atoms with Gasteiger partial charge in [0.05, 0.1) is 5.69 Å². The molecule has 1 rings (SSSR count). The van der Waals surface area contributed by atoms with Crippen LogP contribution in [0.2, 0.25) is 0 Å². The number of thiazole rings is 1. The number of aromatic nitrogens is 1. The molecule has 0 aliphatic heterocycles. The molecule has 1 aromatic rings. The lowest BCUT2D eigenvalue weighted by Crippen LogP contribution is -2.42. The summed E-state index contributed by atoms with van der Waals surface area (Å²) in [6.45, 7) is 7.97. The third-order valence-electron chi connectivity index (χ3n) is 2.67. The van der Waals surface area contributed by atoms with Gasteiger partial charge in [-0.1, -0.05) is 34.1 Å². The smallest absolute Gasteiger partial charge is 0.326 e.